The first-order valence-electron chi connectivity index (χ1n) is 8.65. The number of carbonyl (C=O) groups excluding carboxylic acids is 3. The Bertz CT molecular complexity index is 1110. The molecule has 1 atom stereocenters. The molecular formula is C19H13Cl2F4N3O3. The average molecular weight is 478 g/mol. The quantitative estimate of drug-likeness (QED) is 0.434. The Kier molecular flexibility index (Phi) is 6.15. The zero-order chi connectivity index (χ0) is 23.1. The summed E-state index contributed by atoms with van der Waals surface area (Å²) in [7, 11) is 0. The van der Waals surface area contributed by atoms with Gasteiger partial charge in [-0.1, -0.05) is 0 Å². The van der Waals surface area contributed by atoms with Gasteiger partial charge >= 0.3 is 0 Å². The molecule has 12 heteroatoms. The molecule has 0 saturated heterocycles. The molecule has 164 valence electrons. The summed E-state index contributed by atoms with van der Waals surface area (Å²) < 4.78 is 55.1. The monoisotopic (exact) mass is 477 g/mol. The van der Waals surface area contributed by atoms with Crippen molar-refractivity contribution >= 4 is 58.0 Å². The Morgan fingerprint density at radius 2 is 1.61 bits per heavy atom. The molecule has 0 radical (unpaired) electrons. The second-order valence-electron chi connectivity index (χ2n) is 6.75. The van der Waals surface area contributed by atoms with E-state index in [9.17, 15) is 31.9 Å². The van der Waals surface area contributed by atoms with Crippen molar-refractivity contribution < 1.29 is 31.9 Å². The van der Waals surface area contributed by atoms with Crippen LogP contribution in [0.15, 0.2) is 24.3 Å². The van der Waals surface area contributed by atoms with E-state index in [2.05, 4.69) is 5.32 Å². The maximum Gasteiger partial charge on any atom is 0.258 e. The molecule has 1 aliphatic rings. The zero-order valence-corrected chi connectivity index (χ0v) is 17.1. The van der Waals surface area contributed by atoms with Gasteiger partial charge in [-0.05, 0) is 24.6 Å². The van der Waals surface area contributed by atoms with Gasteiger partial charge in [0.15, 0.2) is 17.5 Å². The number of carbonyl (C=O) groups is 3. The lowest BCUT2D eigenvalue weighted by atomic mass is 10.1. The first-order chi connectivity index (χ1) is 14.4. The Hall–Kier alpha value is -2.85. The molecule has 2 aromatic carbocycles. The average Bonchev–Trinajstić information content (AvgIpc) is 3.32. The van der Waals surface area contributed by atoms with E-state index in [-0.39, 0.29) is 12.1 Å². The van der Waals surface area contributed by atoms with Crippen molar-refractivity contribution in [3.63, 3.8) is 0 Å². The summed E-state index contributed by atoms with van der Waals surface area (Å²) in [6.07, 6.45) is 0.166. The molecule has 31 heavy (non-hydrogen) atoms. The van der Waals surface area contributed by atoms with E-state index in [1.54, 1.807) is 0 Å². The van der Waals surface area contributed by atoms with Crippen LogP contribution in [0.25, 0.3) is 0 Å². The van der Waals surface area contributed by atoms with E-state index in [1.165, 1.54) is 0 Å². The highest BCUT2D eigenvalue weighted by molar-refractivity contribution is 6.52. The van der Waals surface area contributed by atoms with E-state index in [0.29, 0.717) is 6.07 Å². The number of amides is 3. The van der Waals surface area contributed by atoms with Crippen LogP contribution in [0.3, 0.4) is 0 Å². The third-order valence-electron chi connectivity index (χ3n) is 4.32. The largest absolute Gasteiger partial charge is 0.326 e. The summed E-state index contributed by atoms with van der Waals surface area (Å²) in [5.41, 5.74) is -2.55. The third-order valence-corrected chi connectivity index (χ3v) is 5.16. The fraction of sp³-hybridized carbons (Fsp3) is 0.211. The van der Waals surface area contributed by atoms with Crippen molar-refractivity contribution in [3.8, 4) is 0 Å². The molecule has 0 aliphatic heterocycles. The highest BCUT2D eigenvalue weighted by Gasteiger charge is 2.56. The second kappa shape index (κ2) is 8.35. The number of halogens is 6. The van der Waals surface area contributed by atoms with E-state index >= 15 is 0 Å². The van der Waals surface area contributed by atoms with Gasteiger partial charge in [-0.2, -0.15) is 0 Å². The lowest BCUT2D eigenvalue weighted by molar-refractivity contribution is -0.117. The molecule has 0 spiro atoms. The van der Waals surface area contributed by atoms with Gasteiger partial charge in [-0.3, -0.25) is 14.4 Å². The van der Waals surface area contributed by atoms with Crippen LogP contribution in [-0.2, 0) is 9.59 Å². The summed E-state index contributed by atoms with van der Waals surface area (Å²) in [6, 6.07) is 3.07. The minimum absolute atomic E-state index is 0.166. The Balaban J connectivity index is 1.86. The summed E-state index contributed by atoms with van der Waals surface area (Å²) in [4.78, 5) is 35.6. The van der Waals surface area contributed by atoms with Crippen LogP contribution in [0, 0.1) is 29.2 Å². The lowest BCUT2D eigenvalue weighted by Gasteiger charge is -2.13. The van der Waals surface area contributed by atoms with E-state index in [0.717, 1.165) is 25.1 Å². The molecule has 3 rings (SSSR count). The Morgan fingerprint density at radius 3 is 2.19 bits per heavy atom. The number of hydrogen-bond acceptors (Lipinski definition) is 3. The van der Waals surface area contributed by atoms with Crippen LogP contribution >= 0.6 is 23.2 Å². The SMILES string of the molecule is CC(=O)Nc1c(F)ccc(NC(=O)c2cc(NC(=O)C3CC3(Cl)Cl)cc(F)c2F)c1F. The molecule has 3 amide bonds. The van der Waals surface area contributed by atoms with E-state index in [4.69, 9.17) is 23.2 Å². The molecular weight excluding hydrogens is 465 g/mol. The molecule has 2 aromatic rings. The summed E-state index contributed by atoms with van der Waals surface area (Å²) in [5.74, 6) is -8.94. The molecule has 1 unspecified atom stereocenters. The van der Waals surface area contributed by atoms with E-state index in [1.807, 2.05) is 10.6 Å². The molecule has 6 nitrogen and oxygen atoms in total. The number of anilines is 3. The Labute approximate surface area is 182 Å². The standard InChI is InChI=1S/C19H13Cl2F4N3O3/c1-7(29)26-16-11(22)2-3-13(15(16)25)28-17(30)9-4-8(5-12(23)14(9)24)27-18(31)10-6-19(10,20)21/h2-5,10H,6H2,1H3,(H,26,29)(H,27,31)(H,28,30). The molecule has 3 N–H and O–H groups in total. The van der Waals surface area contributed by atoms with Gasteiger partial charge in [0.1, 0.15) is 15.8 Å². The van der Waals surface area contributed by atoms with Gasteiger partial charge in [0.05, 0.1) is 17.2 Å². The molecule has 0 aromatic heterocycles. The maximum absolute atomic E-state index is 14.5. The molecule has 0 heterocycles. The lowest BCUT2D eigenvalue weighted by Crippen LogP contribution is -2.20. The van der Waals surface area contributed by atoms with Gasteiger partial charge < -0.3 is 16.0 Å². The minimum atomic E-state index is -1.56. The Morgan fingerprint density at radius 1 is 0.968 bits per heavy atom. The van der Waals surface area contributed by atoms with Crippen molar-refractivity contribution in [2.45, 2.75) is 17.7 Å². The van der Waals surface area contributed by atoms with Gasteiger partial charge in [-0.15, -0.1) is 23.2 Å². The van der Waals surface area contributed by atoms with Gasteiger partial charge in [0.2, 0.25) is 11.8 Å². The van der Waals surface area contributed by atoms with Crippen molar-refractivity contribution in [2.75, 3.05) is 16.0 Å². The van der Waals surface area contributed by atoms with Crippen LogP contribution in [-0.4, -0.2) is 22.1 Å². The molecule has 0 bridgehead atoms. The summed E-state index contributed by atoms with van der Waals surface area (Å²) in [6.45, 7) is 1.02. The first kappa shape index (κ1) is 22.8. The number of nitrogens with one attached hydrogen (secondary N) is 3. The maximum atomic E-state index is 14.5. The number of hydrogen-bond donors (Lipinski definition) is 3. The predicted octanol–water partition coefficient (Wildman–Crippen LogP) is 4.59. The van der Waals surface area contributed by atoms with Gasteiger partial charge in [0.25, 0.3) is 5.91 Å². The van der Waals surface area contributed by atoms with Crippen molar-refractivity contribution in [1.29, 1.82) is 0 Å². The minimum Gasteiger partial charge on any atom is -0.326 e. The van der Waals surface area contributed by atoms with Crippen LogP contribution in [0.2, 0.25) is 0 Å². The van der Waals surface area contributed by atoms with Gasteiger partial charge in [0, 0.05) is 18.7 Å². The van der Waals surface area contributed by atoms with Crippen LogP contribution in [0.1, 0.15) is 23.7 Å². The first-order valence-corrected chi connectivity index (χ1v) is 9.41. The van der Waals surface area contributed by atoms with Gasteiger partial charge in [-0.25, -0.2) is 17.6 Å². The predicted molar refractivity (Wildman–Crippen MR) is 106 cm³/mol. The van der Waals surface area contributed by atoms with Crippen molar-refractivity contribution in [2.24, 2.45) is 5.92 Å². The topological polar surface area (TPSA) is 87.3 Å². The molecule has 1 saturated carbocycles. The van der Waals surface area contributed by atoms with E-state index < -0.39 is 68.2 Å². The number of rotatable bonds is 5. The molecule has 1 aliphatic carbocycles. The van der Waals surface area contributed by atoms with Crippen molar-refractivity contribution in [1.82, 2.24) is 0 Å². The van der Waals surface area contributed by atoms with Crippen LogP contribution in [0.5, 0.6) is 0 Å². The number of benzene rings is 2. The smallest absolute Gasteiger partial charge is 0.258 e. The highest BCUT2D eigenvalue weighted by atomic mass is 35.5. The fourth-order valence-electron chi connectivity index (χ4n) is 2.68. The fourth-order valence-corrected chi connectivity index (χ4v) is 3.19. The summed E-state index contributed by atoms with van der Waals surface area (Å²) in [5, 5.41) is 6.17. The molecule has 1 fully saturated rings. The highest BCUT2D eigenvalue weighted by Crippen LogP contribution is 2.53. The summed E-state index contributed by atoms with van der Waals surface area (Å²) >= 11 is 11.6. The normalized spacial score (nSPS) is 16.4. The van der Waals surface area contributed by atoms with Crippen molar-refractivity contribution in [3.05, 3.63) is 53.1 Å². The third kappa shape index (κ3) is 4.91. The zero-order valence-electron chi connectivity index (χ0n) is 15.6. The second-order valence-corrected chi connectivity index (χ2v) is 8.29. The number of alkyl halides is 2. The van der Waals surface area contributed by atoms with Crippen LogP contribution < -0.4 is 16.0 Å². The van der Waals surface area contributed by atoms with Crippen LogP contribution in [0.4, 0.5) is 34.6 Å².